The zero-order valence-electron chi connectivity index (χ0n) is 6.91. The van der Waals surface area contributed by atoms with Gasteiger partial charge in [-0.1, -0.05) is 13.3 Å². The van der Waals surface area contributed by atoms with Crippen LogP contribution in [0, 0.1) is 0 Å². The zero-order valence-corrected chi connectivity index (χ0v) is 7.73. The Morgan fingerprint density at radius 2 is 2.08 bits per heavy atom. The predicted octanol–water partition coefficient (Wildman–Crippen LogP) is 0.138. The van der Waals surface area contributed by atoms with Crippen molar-refractivity contribution in [2.24, 2.45) is 0 Å². The summed E-state index contributed by atoms with van der Waals surface area (Å²) in [7, 11) is -4.08. The van der Waals surface area contributed by atoms with Gasteiger partial charge in [0.05, 0.1) is 0 Å². The Kier molecular flexibility index (Phi) is 4.84. The third-order valence-corrected chi connectivity index (χ3v) is 1.72. The van der Waals surface area contributed by atoms with Crippen molar-refractivity contribution >= 4 is 16.0 Å². The second-order valence-electron chi connectivity index (χ2n) is 2.43. The van der Waals surface area contributed by atoms with E-state index >= 15 is 0 Å². The first-order valence-corrected chi connectivity index (χ1v) is 5.28. The lowest BCUT2D eigenvalue weighted by atomic mass is 10.2. The standard InChI is InChI=1S/C6H13NO4S/c1-2-3-4-6(8)7-5-12(9,10)11/h2-5H2,1H3,(H,7,8)(H,9,10,11). The largest absolute Gasteiger partial charge is 0.340 e. The molecule has 0 aromatic carbocycles. The maximum Gasteiger partial charge on any atom is 0.283 e. The van der Waals surface area contributed by atoms with Crippen molar-refractivity contribution in [3.8, 4) is 0 Å². The van der Waals surface area contributed by atoms with Crippen molar-refractivity contribution in [3.63, 3.8) is 0 Å². The molecule has 0 bridgehead atoms. The molecule has 0 aromatic rings. The molecule has 72 valence electrons. The van der Waals surface area contributed by atoms with Gasteiger partial charge in [-0.05, 0) is 6.42 Å². The first kappa shape index (κ1) is 11.4. The number of rotatable bonds is 5. The quantitative estimate of drug-likeness (QED) is 0.611. The van der Waals surface area contributed by atoms with Crippen molar-refractivity contribution < 1.29 is 17.8 Å². The summed E-state index contributed by atoms with van der Waals surface area (Å²) in [5.41, 5.74) is 0. The van der Waals surface area contributed by atoms with Gasteiger partial charge in [0, 0.05) is 6.42 Å². The topological polar surface area (TPSA) is 83.5 Å². The number of carbonyl (C=O) groups excluding carboxylic acids is 1. The number of unbranched alkanes of at least 4 members (excludes halogenated alkanes) is 1. The molecule has 0 unspecified atom stereocenters. The Balaban J connectivity index is 3.58. The Bertz CT molecular complexity index is 234. The van der Waals surface area contributed by atoms with Crippen LogP contribution in [0.1, 0.15) is 26.2 Å². The van der Waals surface area contributed by atoms with Gasteiger partial charge in [0.2, 0.25) is 5.91 Å². The molecule has 0 spiro atoms. The lowest BCUT2D eigenvalue weighted by Gasteiger charge is -2.00. The van der Waals surface area contributed by atoms with Gasteiger partial charge in [0.25, 0.3) is 10.1 Å². The minimum absolute atomic E-state index is 0.298. The smallest absolute Gasteiger partial charge is 0.283 e. The number of amides is 1. The highest BCUT2D eigenvalue weighted by atomic mass is 32.2. The second-order valence-corrected chi connectivity index (χ2v) is 3.88. The van der Waals surface area contributed by atoms with E-state index in [2.05, 4.69) is 5.32 Å². The molecule has 0 atom stereocenters. The van der Waals surface area contributed by atoms with E-state index in [0.29, 0.717) is 6.42 Å². The van der Waals surface area contributed by atoms with Gasteiger partial charge in [0.15, 0.2) is 0 Å². The van der Waals surface area contributed by atoms with Crippen LogP contribution in [0.15, 0.2) is 0 Å². The summed E-state index contributed by atoms with van der Waals surface area (Å²) >= 11 is 0. The van der Waals surface area contributed by atoms with E-state index in [0.717, 1.165) is 12.8 Å². The summed E-state index contributed by atoms with van der Waals surface area (Å²) in [5, 5.41) is 2.08. The number of hydrogen-bond donors (Lipinski definition) is 2. The van der Waals surface area contributed by atoms with E-state index in [1.807, 2.05) is 6.92 Å². The monoisotopic (exact) mass is 195 g/mol. The fraction of sp³-hybridized carbons (Fsp3) is 0.833. The molecule has 0 rings (SSSR count). The highest BCUT2D eigenvalue weighted by Crippen LogP contribution is 1.92. The lowest BCUT2D eigenvalue weighted by Crippen LogP contribution is -2.28. The van der Waals surface area contributed by atoms with E-state index < -0.39 is 16.0 Å². The van der Waals surface area contributed by atoms with Gasteiger partial charge in [-0.2, -0.15) is 8.42 Å². The lowest BCUT2D eigenvalue weighted by molar-refractivity contribution is -0.120. The molecule has 1 amide bonds. The maximum atomic E-state index is 10.8. The first-order chi connectivity index (χ1) is 5.45. The molecule has 2 N–H and O–H groups in total. The third-order valence-electron chi connectivity index (χ3n) is 1.21. The Morgan fingerprint density at radius 3 is 2.50 bits per heavy atom. The summed E-state index contributed by atoms with van der Waals surface area (Å²) in [6.07, 6.45) is 1.89. The maximum absolute atomic E-state index is 10.8. The summed E-state index contributed by atoms with van der Waals surface area (Å²) in [5.74, 6) is -1.05. The minimum atomic E-state index is -4.08. The van der Waals surface area contributed by atoms with Gasteiger partial charge in [-0.3, -0.25) is 9.35 Å². The molecule has 0 aliphatic carbocycles. The van der Waals surface area contributed by atoms with E-state index in [-0.39, 0.29) is 5.91 Å². The van der Waals surface area contributed by atoms with Gasteiger partial charge in [0.1, 0.15) is 5.88 Å². The molecule has 0 heterocycles. The highest BCUT2D eigenvalue weighted by Gasteiger charge is 2.06. The Labute approximate surface area is 71.9 Å². The van der Waals surface area contributed by atoms with E-state index in [1.54, 1.807) is 0 Å². The van der Waals surface area contributed by atoms with Crippen molar-refractivity contribution in [3.05, 3.63) is 0 Å². The molecule has 0 radical (unpaired) electrons. The van der Waals surface area contributed by atoms with Crippen LogP contribution < -0.4 is 5.32 Å². The number of hydrogen-bond acceptors (Lipinski definition) is 3. The van der Waals surface area contributed by atoms with Crippen molar-refractivity contribution in [2.45, 2.75) is 26.2 Å². The fourth-order valence-electron chi connectivity index (χ4n) is 0.597. The molecule has 0 fully saturated rings. The second kappa shape index (κ2) is 5.10. The van der Waals surface area contributed by atoms with Crippen molar-refractivity contribution in [2.75, 3.05) is 5.88 Å². The Morgan fingerprint density at radius 1 is 1.50 bits per heavy atom. The summed E-state index contributed by atoms with van der Waals surface area (Å²) in [6.45, 7) is 1.93. The summed E-state index contributed by atoms with van der Waals surface area (Å²) < 4.78 is 28.6. The molecule has 0 aromatic heterocycles. The SMILES string of the molecule is CCCCC(=O)NCS(=O)(=O)O. The predicted molar refractivity (Wildman–Crippen MR) is 44.1 cm³/mol. The number of carbonyl (C=O) groups is 1. The molecule has 0 saturated heterocycles. The van der Waals surface area contributed by atoms with Crippen LogP contribution in [-0.2, 0) is 14.9 Å². The molecule has 0 aliphatic rings. The van der Waals surface area contributed by atoms with Crippen LogP contribution >= 0.6 is 0 Å². The van der Waals surface area contributed by atoms with Crippen molar-refractivity contribution in [1.29, 1.82) is 0 Å². The van der Waals surface area contributed by atoms with Crippen LogP contribution in [-0.4, -0.2) is 24.8 Å². The van der Waals surface area contributed by atoms with E-state index in [1.165, 1.54) is 0 Å². The van der Waals surface area contributed by atoms with Crippen molar-refractivity contribution in [1.82, 2.24) is 5.32 Å². The zero-order chi connectivity index (χ0) is 9.61. The molecule has 0 aliphatic heterocycles. The first-order valence-electron chi connectivity index (χ1n) is 3.67. The van der Waals surface area contributed by atoms with Crippen LogP contribution in [0.25, 0.3) is 0 Å². The summed E-state index contributed by atoms with van der Waals surface area (Å²) in [4.78, 5) is 10.8. The number of nitrogens with one attached hydrogen (secondary N) is 1. The van der Waals surface area contributed by atoms with Crippen LogP contribution in [0.3, 0.4) is 0 Å². The van der Waals surface area contributed by atoms with Crippen LogP contribution in [0.2, 0.25) is 0 Å². The van der Waals surface area contributed by atoms with Gasteiger partial charge < -0.3 is 5.32 Å². The van der Waals surface area contributed by atoms with Gasteiger partial charge in [-0.25, -0.2) is 0 Å². The Hall–Kier alpha value is -0.620. The van der Waals surface area contributed by atoms with Gasteiger partial charge >= 0.3 is 0 Å². The fourth-order valence-corrected chi connectivity index (χ4v) is 0.941. The van der Waals surface area contributed by atoms with Crippen LogP contribution in [0.5, 0.6) is 0 Å². The average Bonchev–Trinajstić information content (AvgIpc) is 1.95. The molecule has 5 nitrogen and oxygen atoms in total. The minimum Gasteiger partial charge on any atom is -0.340 e. The highest BCUT2D eigenvalue weighted by molar-refractivity contribution is 7.85. The van der Waals surface area contributed by atoms with E-state index in [4.69, 9.17) is 4.55 Å². The third kappa shape index (κ3) is 7.49. The molecule has 0 saturated carbocycles. The molecule has 6 heteroatoms. The van der Waals surface area contributed by atoms with E-state index in [9.17, 15) is 13.2 Å². The van der Waals surface area contributed by atoms with Gasteiger partial charge in [-0.15, -0.1) is 0 Å². The average molecular weight is 195 g/mol. The normalized spacial score (nSPS) is 11.2. The molecule has 12 heavy (non-hydrogen) atoms. The summed E-state index contributed by atoms with van der Waals surface area (Å²) in [6, 6.07) is 0. The molecular formula is C6H13NO4S. The van der Waals surface area contributed by atoms with Crippen LogP contribution in [0.4, 0.5) is 0 Å². The molecular weight excluding hydrogens is 182 g/mol.